The van der Waals surface area contributed by atoms with Crippen LogP contribution in [0.5, 0.6) is 0 Å². The van der Waals surface area contributed by atoms with Crippen LogP contribution in [0.2, 0.25) is 0 Å². The summed E-state index contributed by atoms with van der Waals surface area (Å²) in [6.45, 7) is 3.08. The molecule has 0 aromatic rings. The van der Waals surface area contributed by atoms with Crippen molar-refractivity contribution in [3.8, 4) is 0 Å². The molecule has 0 N–H and O–H groups in total. The van der Waals surface area contributed by atoms with Gasteiger partial charge in [-0.2, -0.15) is 0 Å². The molecule has 0 aromatic heterocycles. The van der Waals surface area contributed by atoms with Crippen LogP contribution in [-0.2, 0) is 4.74 Å². The van der Waals surface area contributed by atoms with Gasteiger partial charge in [-0.15, -0.1) is 0 Å². The molecule has 1 fully saturated rings. The van der Waals surface area contributed by atoms with Gasteiger partial charge in [-0.3, -0.25) is 0 Å². The Morgan fingerprint density at radius 3 is 2.92 bits per heavy atom. The van der Waals surface area contributed by atoms with Crippen LogP contribution in [0.15, 0.2) is 0 Å². The molecule has 12 heavy (non-hydrogen) atoms. The normalized spacial score (nSPS) is 18.7. The van der Waals surface area contributed by atoms with Gasteiger partial charge in [0.2, 0.25) is 0 Å². The Balaban J connectivity index is 2.36. The Hall–Kier alpha value is -0.770. The lowest BCUT2D eigenvalue weighted by molar-refractivity contribution is 0.114. The minimum atomic E-state index is 0.123. The molecule has 0 bridgehead atoms. The molecule has 0 radical (unpaired) electrons. The summed E-state index contributed by atoms with van der Waals surface area (Å²) in [4.78, 5) is 15.0. The van der Waals surface area contributed by atoms with Crippen molar-refractivity contribution in [1.29, 1.82) is 0 Å². The average molecular weight is 172 g/mol. The number of hydrogen-bond acceptors (Lipinski definition) is 2. The van der Waals surface area contributed by atoms with Crippen molar-refractivity contribution in [3.05, 3.63) is 0 Å². The van der Waals surface area contributed by atoms with Crippen molar-refractivity contribution in [2.24, 2.45) is 0 Å². The van der Waals surface area contributed by atoms with Gasteiger partial charge in [0.1, 0.15) is 0 Å². The molecule has 1 aliphatic heterocycles. The summed E-state index contributed by atoms with van der Waals surface area (Å²) in [6.07, 6.45) is 1.06. The van der Waals surface area contributed by atoms with Gasteiger partial charge in [0, 0.05) is 33.8 Å². The molecule has 2 amide bonds. The Morgan fingerprint density at radius 1 is 1.50 bits per heavy atom. The van der Waals surface area contributed by atoms with Gasteiger partial charge >= 0.3 is 6.03 Å². The first-order chi connectivity index (χ1) is 5.75. The van der Waals surface area contributed by atoms with Crippen molar-refractivity contribution in [2.75, 3.05) is 40.4 Å². The highest BCUT2D eigenvalue weighted by molar-refractivity contribution is 5.74. The maximum atomic E-state index is 11.4. The van der Waals surface area contributed by atoms with Crippen LogP contribution < -0.4 is 0 Å². The summed E-state index contributed by atoms with van der Waals surface area (Å²) in [5.41, 5.74) is 0. The zero-order valence-corrected chi connectivity index (χ0v) is 7.75. The second kappa shape index (κ2) is 4.30. The molecular weight excluding hydrogens is 156 g/mol. The maximum absolute atomic E-state index is 11.4. The van der Waals surface area contributed by atoms with Crippen LogP contribution >= 0.6 is 0 Å². The number of methoxy groups -OCH3 is 1. The van der Waals surface area contributed by atoms with Crippen molar-refractivity contribution in [2.45, 2.75) is 6.42 Å². The van der Waals surface area contributed by atoms with Crippen molar-refractivity contribution >= 4 is 6.03 Å². The standard InChI is InChI=1S/C8H16N2O2/c1-9-4-3-5-10(8(9)11)6-7-12-2/h3-7H2,1-2H3. The molecular formula is C8H16N2O2. The quantitative estimate of drug-likeness (QED) is 0.617. The van der Waals surface area contributed by atoms with Crippen LogP contribution in [0.4, 0.5) is 4.79 Å². The van der Waals surface area contributed by atoms with Crippen molar-refractivity contribution in [3.63, 3.8) is 0 Å². The van der Waals surface area contributed by atoms with Crippen LogP contribution in [0.1, 0.15) is 6.42 Å². The van der Waals surface area contributed by atoms with Crippen LogP contribution in [-0.4, -0.2) is 56.2 Å². The maximum Gasteiger partial charge on any atom is 0.319 e. The van der Waals surface area contributed by atoms with Gasteiger partial charge in [0.05, 0.1) is 6.61 Å². The fourth-order valence-electron chi connectivity index (χ4n) is 1.34. The summed E-state index contributed by atoms with van der Waals surface area (Å²) in [6, 6.07) is 0.123. The number of carbonyl (C=O) groups is 1. The molecule has 1 saturated heterocycles. The molecule has 70 valence electrons. The first-order valence-corrected chi connectivity index (χ1v) is 4.24. The zero-order chi connectivity index (χ0) is 8.97. The number of ether oxygens (including phenoxy) is 1. The summed E-state index contributed by atoms with van der Waals surface area (Å²) in [7, 11) is 3.49. The minimum absolute atomic E-state index is 0.123. The number of amides is 2. The molecule has 1 aliphatic rings. The molecule has 0 saturated carbocycles. The molecule has 4 heteroatoms. The Morgan fingerprint density at radius 2 is 2.25 bits per heavy atom. The smallest absolute Gasteiger partial charge is 0.319 e. The average Bonchev–Trinajstić information content (AvgIpc) is 2.08. The number of urea groups is 1. The van der Waals surface area contributed by atoms with Crippen molar-refractivity contribution < 1.29 is 9.53 Å². The predicted octanol–water partition coefficient (Wildman–Crippen LogP) is 0.390. The van der Waals surface area contributed by atoms with Gasteiger partial charge in [0.15, 0.2) is 0 Å². The Bertz CT molecular complexity index is 161. The fourth-order valence-corrected chi connectivity index (χ4v) is 1.34. The van der Waals surface area contributed by atoms with Gasteiger partial charge in [-0.05, 0) is 6.42 Å². The van der Waals surface area contributed by atoms with E-state index in [0.717, 1.165) is 19.5 Å². The lowest BCUT2D eigenvalue weighted by Gasteiger charge is -2.33. The summed E-state index contributed by atoms with van der Waals surface area (Å²) in [5, 5.41) is 0. The highest BCUT2D eigenvalue weighted by Gasteiger charge is 2.21. The van der Waals surface area contributed by atoms with E-state index in [9.17, 15) is 4.79 Å². The second-order valence-corrected chi connectivity index (χ2v) is 3.04. The summed E-state index contributed by atoms with van der Waals surface area (Å²) >= 11 is 0. The van der Waals surface area contributed by atoms with Gasteiger partial charge < -0.3 is 14.5 Å². The number of nitrogens with zero attached hydrogens (tertiary/aromatic N) is 2. The number of hydrogen-bond donors (Lipinski definition) is 0. The lowest BCUT2D eigenvalue weighted by atomic mass is 10.3. The third kappa shape index (κ3) is 2.11. The fraction of sp³-hybridized carbons (Fsp3) is 0.875. The molecule has 4 nitrogen and oxygen atoms in total. The number of rotatable bonds is 3. The summed E-state index contributed by atoms with van der Waals surface area (Å²) in [5.74, 6) is 0. The highest BCUT2D eigenvalue weighted by atomic mass is 16.5. The van der Waals surface area contributed by atoms with E-state index in [2.05, 4.69) is 0 Å². The first kappa shape index (κ1) is 9.32. The van der Waals surface area contributed by atoms with E-state index in [0.29, 0.717) is 13.2 Å². The molecule has 0 aromatic carbocycles. The molecule has 0 atom stereocenters. The van der Waals surface area contributed by atoms with E-state index in [1.807, 2.05) is 11.9 Å². The largest absolute Gasteiger partial charge is 0.383 e. The third-order valence-electron chi connectivity index (χ3n) is 2.08. The van der Waals surface area contributed by atoms with Gasteiger partial charge in [0.25, 0.3) is 0 Å². The Kier molecular flexibility index (Phi) is 3.34. The topological polar surface area (TPSA) is 32.8 Å². The monoisotopic (exact) mass is 172 g/mol. The SMILES string of the molecule is COCCN1CCCN(C)C1=O. The van der Waals surface area contributed by atoms with E-state index in [4.69, 9.17) is 4.74 Å². The van der Waals surface area contributed by atoms with Crippen LogP contribution in [0.25, 0.3) is 0 Å². The second-order valence-electron chi connectivity index (χ2n) is 3.04. The van der Waals surface area contributed by atoms with Gasteiger partial charge in [-0.1, -0.05) is 0 Å². The molecule has 1 rings (SSSR count). The minimum Gasteiger partial charge on any atom is -0.383 e. The van der Waals surface area contributed by atoms with E-state index >= 15 is 0 Å². The number of carbonyl (C=O) groups excluding carboxylic acids is 1. The van der Waals surface area contributed by atoms with E-state index in [1.165, 1.54) is 0 Å². The molecule has 0 unspecified atom stereocenters. The van der Waals surface area contributed by atoms with E-state index < -0.39 is 0 Å². The zero-order valence-electron chi connectivity index (χ0n) is 7.75. The molecule has 1 heterocycles. The van der Waals surface area contributed by atoms with E-state index in [-0.39, 0.29) is 6.03 Å². The van der Waals surface area contributed by atoms with E-state index in [1.54, 1.807) is 12.0 Å². The van der Waals surface area contributed by atoms with Crippen molar-refractivity contribution in [1.82, 2.24) is 9.80 Å². The van der Waals surface area contributed by atoms with Gasteiger partial charge in [-0.25, -0.2) is 4.79 Å². The predicted molar refractivity (Wildman–Crippen MR) is 46.1 cm³/mol. The highest BCUT2D eigenvalue weighted by Crippen LogP contribution is 2.05. The lowest BCUT2D eigenvalue weighted by Crippen LogP contribution is -2.48. The molecule has 0 aliphatic carbocycles. The first-order valence-electron chi connectivity index (χ1n) is 4.24. The third-order valence-corrected chi connectivity index (χ3v) is 2.08. The summed E-state index contributed by atoms with van der Waals surface area (Å²) < 4.78 is 4.92. The molecule has 0 spiro atoms. The Labute approximate surface area is 73.1 Å². The van der Waals surface area contributed by atoms with Crippen LogP contribution in [0, 0.1) is 0 Å². The van der Waals surface area contributed by atoms with Crippen LogP contribution in [0.3, 0.4) is 0 Å².